The van der Waals surface area contributed by atoms with Crippen LogP contribution in [0.25, 0.3) is 0 Å². The Bertz CT molecular complexity index is 582. The van der Waals surface area contributed by atoms with E-state index in [0.717, 1.165) is 51.4 Å². The quantitative estimate of drug-likeness (QED) is 0.0469. The molecule has 0 saturated carbocycles. The van der Waals surface area contributed by atoms with E-state index in [1.54, 1.807) is 0 Å². The first-order valence-electron chi connectivity index (χ1n) is 17.9. The summed E-state index contributed by atoms with van der Waals surface area (Å²) in [5, 5.41) is 31.3. The van der Waals surface area contributed by atoms with Gasteiger partial charge in [0.2, 0.25) is 5.91 Å². The number of aliphatic hydroxyl groups is 3. The third-order valence-electron chi connectivity index (χ3n) is 8.81. The molecule has 0 aliphatic carbocycles. The van der Waals surface area contributed by atoms with Gasteiger partial charge < -0.3 is 21.1 Å². The first kappa shape index (κ1) is 40.1. The molecule has 0 radical (unpaired) electrons. The summed E-state index contributed by atoms with van der Waals surface area (Å²) in [6.45, 7) is 4.17. The van der Waals surface area contributed by atoms with Crippen LogP contribution in [-0.4, -0.2) is 40.0 Å². The Hall–Kier alpha value is -0.910. The Morgan fingerprint density at radius 1 is 0.585 bits per heavy atom. The van der Waals surface area contributed by atoms with Gasteiger partial charge in [0.25, 0.3) is 0 Å². The van der Waals surface area contributed by atoms with Crippen molar-refractivity contribution in [1.82, 2.24) is 0 Å². The Balaban J connectivity index is 4.03. The van der Waals surface area contributed by atoms with E-state index < -0.39 is 30.0 Å². The second-order valence-electron chi connectivity index (χ2n) is 12.6. The SMILES string of the molecule is CCCCCCCCC=CCCCCCCC(C(N)=O)[C@@H](CO)[C@H](O)[C@H](O)CCCCCCCCCCCCCC. The fourth-order valence-corrected chi connectivity index (χ4v) is 5.95. The number of carbonyl (C=O) groups is 1. The normalized spacial score (nSPS) is 14.9. The van der Waals surface area contributed by atoms with Crippen molar-refractivity contribution < 1.29 is 20.1 Å². The number of allylic oxidation sites excluding steroid dienone is 2. The summed E-state index contributed by atoms with van der Waals surface area (Å²) in [4.78, 5) is 12.2. The maximum Gasteiger partial charge on any atom is 0.221 e. The molecule has 0 rings (SSSR count). The van der Waals surface area contributed by atoms with Gasteiger partial charge in [-0.25, -0.2) is 0 Å². The van der Waals surface area contributed by atoms with E-state index in [-0.39, 0.29) is 6.61 Å². The zero-order valence-electron chi connectivity index (χ0n) is 27.4. The minimum atomic E-state index is -1.12. The molecule has 5 nitrogen and oxygen atoms in total. The van der Waals surface area contributed by atoms with Gasteiger partial charge in [0, 0.05) is 18.4 Å². The molecule has 5 heteroatoms. The second-order valence-corrected chi connectivity index (χ2v) is 12.6. The molecule has 41 heavy (non-hydrogen) atoms. The molecule has 0 aromatic rings. The first-order valence-corrected chi connectivity index (χ1v) is 17.9. The van der Waals surface area contributed by atoms with Gasteiger partial charge in [-0.05, 0) is 38.5 Å². The van der Waals surface area contributed by atoms with Crippen molar-refractivity contribution in [3.63, 3.8) is 0 Å². The maximum atomic E-state index is 12.2. The van der Waals surface area contributed by atoms with Crippen LogP contribution >= 0.6 is 0 Å². The molecule has 4 atom stereocenters. The molecule has 0 aliphatic rings. The standard InChI is InChI=1S/C36H71NO4/c1-3-5-7-9-11-13-15-17-18-19-21-23-25-27-29-32(36(37)41)33(31-38)35(40)34(39)30-28-26-24-22-20-16-14-12-10-8-6-4-2/h17-18,32-35,38-40H,3-16,19-31H2,1-2H3,(H2,37,41)/t32?,33-,34-,35+/m1/s1. The monoisotopic (exact) mass is 582 g/mol. The maximum absolute atomic E-state index is 12.2. The zero-order chi connectivity index (χ0) is 30.4. The lowest BCUT2D eigenvalue weighted by molar-refractivity contribution is -0.129. The van der Waals surface area contributed by atoms with Gasteiger partial charge in [-0.15, -0.1) is 0 Å². The predicted octanol–water partition coefficient (Wildman–Crippen LogP) is 9.16. The third-order valence-corrected chi connectivity index (χ3v) is 8.81. The Morgan fingerprint density at radius 2 is 0.951 bits per heavy atom. The van der Waals surface area contributed by atoms with Gasteiger partial charge >= 0.3 is 0 Å². The smallest absolute Gasteiger partial charge is 0.221 e. The topological polar surface area (TPSA) is 104 Å². The van der Waals surface area contributed by atoms with Crippen LogP contribution in [0.5, 0.6) is 0 Å². The summed E-state index contributed by atoms with van der Waals surface area (Å²) in [5.74, 6) is -1.80. The van der Waals surface area contributed by atoms with Crippen molar-refractivity contribution in [2.45, 2.75) is 193 Å². The summed E-state index contributed by atoms with van der Waals surface area (Å²) in [6.07, 6.45) is 33.0. The molecule has 0 aromatic carbocycles. The van der Waals surface area contributed by atoms with Gasteiger partial charge in [0.1, 0.15) is 0 Å². The number of nitrogens with two attached hydrogens (primary N) is 1. The largest absolute Gasteiger partial charge is 0.396 e. The lowest BCUT2D eigenvalue weighted by Gasteiger charge is -2.30. The highest BCUT2D eigenvalue weighted by atomic mass is 16.3. The van der Waals surface area contributed by atoms with Gasteiger partial charge in [-0.1, -0.05) is 154 Å². The van der Waals surface area contributed by atoms with Crippen molar-refractivity contribution >= 4 is 5.91 Å². The van der Waals surface area contributed by atoms with Crippen LogP contribution in [0.3, 0.4) is 0 Å². The van der Waals surface area contributed by atoms with E-state index in [2.05, 4.69) is 26.0 Å². The zero-order valence-corrected chi connectivity index (χ0v) is 27.4. The van der Waals surface area contributed by atoms with Gasteiger partial charge in [0.15, 0.2) is 0 Å². The van der Waals surface area contributed by atoms with E-state index in [9.17, 15) is 20.1 Å². The summed E-state index contributed by atoms with van der Waals surface area (Å²) in [5.41, 5.74) is 5.67. The molecular weight excluding hydrogens is 510 g/mol. The lowest BCUT2D eigenvalue weighted by Crippen LogP contribution is -2.44. The number of unbranched alkanes of at least 4 members (excludes halogenated alkanes) is 21. The van der Waals surface area contributed by atoms with E-state index in [1.807, 2.05) is 0 Å². The molecule has 1 amide bonds. The molecule has 0 bridgehead atoms. The second kappa shape index (κ2) is 30.5. The average Bonchev–Trinajstić information content (AvgIpc) is 2.96. The minimum Gasteiger partial charge on any atom is -0.396 e. The Labute approximate surface area is 255 Å². The van der Waals surface area contributed by atoms with Crippen molar-refractivity contribution in [2.75, 3.05) is 6.61 Å². The fourth-order valence-electron chi connectivity index (χ4n) is 5.95. The molecule has 0 fully saturated rings. The third kappa shape index (κ3) is 24.3. The first-order chi connectivity index (χ1) is 20.0. The van der Waals surface area contributed by atoms with Crippen LogP contribution in [0.1, 0.15) is 181 Å². The van der Waals surface area contributed by atoms with E-state index in [0.29, 0.717) is 12.8 Å². The molecule has 0 heterocycles. The molecule has 0 aromatic heterocycles. The molecule has 244 valence electrons. The molecule has 5 N–H and O–H groups in total. The predicted molar refractivity (Wildman–Crippen MR) is 176 cm³/mol. The van der Waals surface area contributed by atoms with Crippen LogP contribution in [0.2, 0.25) is 0 Å². The van der Waals surface area contributed by atoms with Crippen molar-refractivity contribution in [2.24, 2.45) is 17.6 Å². The van der Waals surface area contributed by atoms with Crippen LogP contribution in [-0.2, 0) is 4.79 Å². The molecule has 1 unspecified atom stereocenters. The number of amides is 1. The van der Waals surface area contributed by atoms with Crippen LogP contribution in [0, 0.1) is 11.8 Å². The number of aliphatic hydroxyl groups excluding tert-OH is 3. The highest BCUT2D eigenvalue weighted by molar-refractivity contribution is 5.77. The number of carbonyl (C=O) groups excluding carboxylic acids is 1. The Kier molecular flexibility index (Phi) is 29.9. The molecular formula is C36H71NO4. The van der Waals surface area contributed by atoms with E-state index in [1.165, 1.54) is 103 Å². The number of hydrogen-bond acceptors (Lipinski definition) is 4. The summed E-state index contributed by atoms with van der Waals surface area (Å²) < 4.78 is 0. The van der Waals surface area contributed by atoms with Gasteiger partial charge in [-0.2, -0.15) is 0 Å². The fraction of sp³-hybridized carbons (Fsp3) is 0.917. The molecule has 0 aliphatic heterocycles. The van der Waals surface area contributed by atoms with E-state index in [4.69, 9.17) is 5.73 Å². The Morgan fingerprint density at radius 3 is 1.34 bits per heavy atom. The lowest BCUT2D eigenvalue weighted by atomic mass is 9.81. The van der Waals surface area contributed by atoms with Crippen molar-refractivity contribution in [3.05, 3.63) is 12.2 Å². The number of rotatable bonds is 32. The molecule has 0 spiro atoms. The minimum absolute atomic E-state index is 0.340. The van der Waals surface area contributed by atoms with Gasteiger partial charge in [0.05, 0.1) is 12.2 Å². The van der Waals surface area contributed by atoms with Gasteiger partial charge in [-0.3, -0.25) is 4.79 Å². The van der Waals surface area contributed by atoms with Crippen LogP contribution < -0.4 is 5.73 Å². The molecule has 0 saturated heterocycles. The number of primary amides is 1. The highest BCUT2D eigenvalue weighted by Gasteiger charge is 2.34. The van der Waals surface area contributed by atoms with Crippen molar-refractivity contribution in [3.8, 4) is 0 Å². The van der Waals surface area contributed by atoms with E-state index >= 15 is 0 Å². The highest BCUT2D eigenvalue weighted by Crippen LogP contribution is 2.26. The summed E-state index contributed by atoms with van der Waals surface area (Å²) in [6, 6.07) is 0. The summed E-state index contributed by atoms with van der Waals surface area (Å²) in [7, 11) is 0. The van der Waals surface area contributed by atoms with Crippen LogP contribution in [0.15, 0.2) is 12.2 Å². The van der Waals surface area contributed by atoms with Crippen molar-refractivity contribution in [1.29, 1.82) is 0 Å². The summed E-state index contributed by atoms with van der Waals surface area (Å²) >= 11 is 0. The number of hydrogen-bond donors (Lipinski definition) is 4. The van der Waals surface area contributed by atoms with Crippen LogP contribution in [0.4, 0.5) is 0 Å². The average molecular weight is 582 g/mol.